The predicted octanol–water partition coefficient (Wildman–Crippen LogP) is 0.932. The molecule has 5 heteroatoms. The molecule has 1 aliphatic heterocycles. The number of rotatable bonds is 5. The molecule has 2 N–H and O–H groups in total. The topological polar surface area (TPSA) is 72.6 Å². The Morgan fingerprint density at radius 1 is 1.32 bits per heavy atom. The van der Waals surface area contributed by atoms with Gasteiger partial charge in [-0.2, -0.15) is 0 Å². The van der Waals surface area contributed by atoms with Gasteiger partial charge in [0.2, 0.25) is 11.8 Å². The van der Waals surface area contributed by atoms with E-state index in [0.29, 0.717) is 19.6 Å². The van der Waals surface area contributed by atoms with E-state index in [-0.39, 0.29) is 12.3 Å². The second-order valence-electron chi connectivity index (χ2n) is 4.56. The monoisotopic (exact) mass is 262 g/mol. The number of carbonyl (C=O) groups excluding carboxylic acids is 2. The first kappa shape index (κ1) is 13.4. The Labute approximate surface area is 112 Å². The molecule has 1 aromatic rings. The van der Waals surface area contributed by atoms with Crippen molar-refractivity contribution in [1.29, 1.82) is 0 Å². The lowest BCUT2D eigenvalue weighted by Gasteiger charge is -2.22. The summed E-state index contributed by atoms with van der Waals surface area (Å²) in [7, 11) is 0. The lowest BCUT2D eigenvalue weighted by Crippen LogP contribution is -2.44. The van der Waals surface area contributed by atoms with Crippen LogP contribution in [0.5, 0.6) is 5.75 Å². The van der Waals surface area contributed by atoms with Crippen LogP contribution in [0, 0.1) is 0 Å². The molecule has 2 rings (SSSR count). The Bertz CT molecular complexity index is 447. The highest BCUT2D eigenvalue weighted by atomic mass is 16.5. The summed E-state index contributed by atoms with van der Waals surface area (Å²) in [5, 5.41) is 0. The third-order valence-corrected chi connectivity index (χ3v) is 3.23. The summed E-state index contributed by atoms with van der Waals surface area (Å²) < 4.78 is 5.47. The van der Waals surface area contributed by atoms with Crippen LogP contribution in [-0.2, 0) is 9.59 Å². The molecule has 102 valence electrons. The molecule has 1 atom stereocenters. The first-order valence-corrected chi connectivity index (χ1v) is 6.45. The van der Waals surface area contributed by atoms with E-state index in [1.807, 2.05) is 30.3 Å². The molecule has 1 heterocycles. The van der Waals surface area contributed by atoms with E-state index in [1.165, 1.54) is 0 Å². The lowest BCUT2D eigenvalue weighted by molar-refractivity contribution is -0.137. The molecule has 5 nitrogen and oxygen atoms in total. The molecule has 0 saturated carbocycles. The normalized spacial score (nSPS) is 18.3. The van der Waals surface area contributed by atoms with Crippen molar-refractivity contribution in [2.24, 2.45) is 5.73 Å². The van der Waals surface area contributed by atoms with Gasteiger partial charge in [-0.05, 0) is 25.0 Å². The largest absolute Gasteiger partial charge is 0.493 e. The second-order valence-corrected chi connectivity index (χ2v) is 4.56. The van der Waals surface area contributed by atoms with Crippen molar-refractivity contribution in [2.45, 2.75) is 25.3 Å². The van der Waals surface area contributed by atoms with E-state index in [0.717, 1.165) is 12.2 Å². The molecule has 1 aromatic carbocycles. The Balaban J connectivity index is 1.80. The molecule has 2 amide bonds. The van der Waals surface area contributed by atoms with Crippen molar-refractivity contribution >= 4 is 11.8 Å². The highest BCUT2D eigenvalue weighted by Gasteiger charge is 2.32. The maximum atomic E-state index is 12.0. The number of likely N-dealkylation sites (tertiary alicyclic amines) is 1. The fraction of sp³-hybridized carbons (Fsp3) is 0.429. The zero-order valence-corrected chi connectivity index (χ0v) is 10.7. The number of amides is 2. The molecule has 0 bridgehead atoms. The van der Waals surface area contributed by atoms with Gasteiger partial charge in [0.1, 0.15) is 11.8 Å². The highest BCUT2D eigenvalue weighted by molar-refractivity contribution is 5.87. The minimum atomic E-state index is -0.441. The summed E-state index contributed by atoms with van der Waals surface area (Å²) in [5.41, 5.74) is 5.28. The van der Waals surface area contributed by atoms with E-state index in [4.69, 9.17) is 10.5 Å². The van der Waals surface area contributed by atoms with Gasteiger partial charge in [-0.3, -0.25) is 9.59 Å². The van der Waals surface area contributed by atoms with E-state index in [1.54, 1.807) is 4.90 Å². The molecule has 0 spiro atoms. The molecular weight excluding hydrogens is 244 g/mol. The van der Waals surface area contributed by atoms with E-state index in [9.17, 15) is 9.59 Å². The van der Waals surface area contributed by atoms with Crippen molar-refractivity contribution in [3.63, 3.8) is 0 Å². The minimum Gasteiger partial charge on any atom is -0.493 e. The average molecular weight is 262 g/mol. The van der Waals surface area contributed by atoms with Crippen molar-refractivity contribution < 1.29 is 14.3 Å². The molecule has 19 heavy (non-hydrogen) atoms. The number of carbonyl (C=O) groups is 2. The van der Waals surface area contributed by atoms with Crippen LogP contribution < -0.4 is 10.5 Å². The zero-order valence-electron chi connectivity index (χ0n) is 10.7. The molecule has 1 fully saturated rings. The quantitative estimate of drug-likeness (QED) is 0.858. The van der Waals surface area contributed by atoms with Gasteiger partial charge in [0, 0.05) is 6.54 Å². The van der Waals surface area contributed by atoms with Crippen LogP contribution in [0.15, 0.2) is 30.3 Å². The van der Waals surface area contributed by atoms with Crippen molar-refractivity contribution in [2.75, 3.05) is 13.2 Å². The van der Waals surface area contributed by atoms with E-state index < -0.39 is 11.9 Å². The number of hydrogen-bond donors (Lipinski definition) is 1. The number of hydrogen-bond acceptors (Lipinski definition) is 3. The van der Waals surface area contributed by atoms with E-state index >= 15 is 0 Å². The number of primary amides is 1. The van der Waals surface area contributed by atoms with Gasteiger partial charge in [-0.25, -0.2) is 0 Å². The molecule has 0 radical (unpaired) electrons. The number of para-hydroxylation sites is 1. The summed E-state index contributed by atoms with van der Waals surface area (Å²) in [6, 6.07) is 8.89. The van der Waals surface area contributed by atoms with Gasteiger partial charge in [0.25, 0.3) is 0 Å². The summed E-state index contributed by atoms with van der Waals surface area (Å²) in [5.74, 6) is 0.246. The van der Waals surface area contributed by atoms with Gasteiger partial charge in [-0.1, -0.05) is 18.2 Å². The molecular formula is C14H18N2O3. The predicted molar refractivity (Wildman–Crippen MR) is 70.5 cm³/mol. The highest BCUT2D eigenvalue weighted by Crippen LogP contribution is 2.18. The van der Waals surface area contributed by atoms with Crippen LogP contribution in [0.2, 0.25) is 0 Å². The SMILES string of the molecule is NC(=O)C1CCCN1C(=O)CCOc1ccccc1. The number of nitrogens with zero attached hydrogens (tertiary/aromatic N) is 1. The molecule has 1 unspecified atom stereocenters. The summed E-state index contributed by atoms with van der Waals surface area (Å²) >= 11 is 0. The van der Waals surface area contributed by atoms with Gasteiger partial charge in [0.15, 0.2) is 0 Å². The molecule has 0 aromatic heterocycles. The third kappa shape index (κ3) is 3.47. The van der Waals surface area contributed by atoms with Gasteiger partial charge < -0.3 is 15.4 Å². The number of benzene rings is 1. The van der Waals surface area contributed by atoms with Crippen molar-refractivity contribution in [3.8, 4) is 5.75 Å². The third-order valence-electron chi connectivity index (χ3n) is 3.23. The smallest absolute Gasteiger partial charge is 0.240 e. The lowest BCUT2D eigenvalue weighted by atomic mass is 10.2. The Morgan fingerprint density at radius 2 is 2.05 bits per heavy atom. The van der Waals surface area contributed by atoms with Gasteiger partial charge in [0.05, 0.1) is 13.0 Å². The van der Waals surface area contributed by atoms with Crippen LogP contribution in [0.4, 0.5) is 0 Å². The summed E-state index contributed by atoms with van der Waals surface area (Å²) in [4.78, 5) is 24.8. The zero-order chi connectivity index (χ0) is 13.7. The summed E-state index contributed by atoms with van der Waals surface area (Å²) in [6.07, 6.45) is 1.76. The standard InChI is InChI=1S/C14H18N2O3/c15-14(18)12-7-4-9-16(12)13(17)8-10-19-11-5-2-1-3-6-11/h1-3,5-6,12H,4,7-10H2,(H2,15,18). The second kappa shape index (κ2) is 6.22. The maximum Gasteiger partial charge on any atom is 0.240 e. The van der Waals surface area contributed by atoms with Crippen LogP contribution in [0.25, 0.3) is 0 Å². The molecule has 0 aliphatic carbocycles. The van der Waals surface area contributed by atoms with Crippen molar-refractivity contribution in [3.05, 3.63) is 30.3 Å². The van der Waals surface area contributed by atoms with Gasteiger partial charge in [-0.15, -0.1) is 0 Å². The van der Waals surface area contributed by atoms with Crippen LogP contribution in [0.3, 0.4) is 0 Å². The molecule has 1 saturated heterocycles. The fourth-order valence-corrected chi connectivity index (χ4v) is 2.28. The van der Waals surface area contributed by atoms with E-state index in [2.05, 4.69) is 0 Å². The number of ether oxygens (including phenoxy) is 1. The first-order valence-electron chi connectivity index (χ1n) is 6.45. The maximum absolute atomic E-state index is 12.0. The number of nitrogens with two attached hydrogens (primary N) is 1. The van der Waals surface area contributed by atoms with Crippen LogP contribution >= 0.6 is 0 Å². The Hall–Kier alpha value is -2.04. The summed E-state index contributed by atoms with van der Waals surface area (Å²) in [6.45, 7) is 0.919. The Morgan fingerprint density at radius 3 is 2.74 bits per heavy atom. The first-order chi connectivity index (χ1) is 9.18. The Kier molecular flexibility index (Phi) is 4.39. The minimum absolute atomic E-state index is 0.0720. The van der Waals surface area contributed by atoms with Gasteiger partial charge >= 0.3 is 0 Å². The molecule has 1 aliphatic rings. The van der Waals surface area contributed by atoms with Crippen LogP contribution in [-0.4, -0.2) is 35.9 Å². The average Bonchev–Trinajstić information content (AvgIpc) is 2.89. The van der Waals surface area contributed by atoms with Crippen LogP contribution in [0.1, 0.15) is 19.3 Å². The fourth-order valence-electron chi connectivity index (χ4n) is 2.28. The van der Waals surface area contributed by atoms with Crippen molar-refractivity contribution in [1.82, 2.24) is 4.90 Å².